The van der Waals surface area contributed by atoms with Gasteiger partial charge < -0.3 is 4.74 Å². The van der Waals surface area contributed by atoms with Crippen LogP contribution in [0, 0.1) is 0 Å². The molecule has 0 aliphatic carbocycles. The number of rotatable bonds is 7. The molecule has 0 atom stereocenters. The molecule has 0 radical (unpaired) electrons. The zero-order valence-electron chi connectivity index (χ0n) is 12.6. The summed E-state index contributed by atoms with van der Waals surface area (Å²) < 4.78 is 32.0. The number of hydrogen-bond acceptors (Lipinski definition) is 4. The fraction of sp³-hybridized carbons (Fsp3) is 0.250. The molecule has 0 saturated carbocycles. The lowest BCUT2D eigenvalue weighted by molar-refractivity contribution is 0.414. The first kappa shape index (κ1) is 16.9. The lowest BCUT2D eigenvalue weighted by atomic mass is 10.2. The van der Waals surface area contributed by atoms with Crippen LogP contribution in [-0.4, -0.2) is 28.3 Å². The fourth-order valence-corrected chi connectivity index (χ4v) is 3.40. The second-order valence-corrected chi connectivity index (χ2v) is 7.32. The normalized spacial score (nSPS) is 11.4. The van der Waals surface area contributed by atoms with E-state index in [1.54, 1.807) is 31.0 Å². The summed E-state index contributed by atoms with van der Waals surface area (Å²) in [5.74, 6) is 0.632. The molecule has 0 bridgehead atoms. The topological polar surface area (TPSA) is 55.4 Å². The van der Waals surface area contributed by atoms with E-state index >= 15 is 0 Å². The molecule has 118 valence electrons. The molecule has 0 fully saturated rings. The van der Waals surface area contributed by atoms with Crippen LogP contribution in [0.15, 0.2) is 58.3 Å². The van der Waals surface area contributed by atoms with Crippen molar-refractivity contribution in [1.29, 1.82) is 0 Å². The minimum atomic E-state index is -3.48. The first-order chi connectivity index (χ1) is 10.5. The standard InChI is InChI=1S/C16H19NO3S2/c1-20-14-5-9-16(10-6-14)22(18,19)17-12-11-13-3-7-15(21-2)8-4-13/h3-10,17H,11-12H2,1-2H3. The highest BCUT2D eigenvalue weighted by Crippen LogP contribution is 2.16. The molecular weight excluding hydrogens is 318 g/mol. The Hall–Kier alpha value is -1.50. The highest BCUT2D eigenvalue weighted by molar-refractivity contribution is 7.98. The van der Waals surface area contributed by atoms with Gasteiger partial charge >= 0.3 is 0 Å². The van der Waals surface area contributed by atoms with Crippen molar-refractivity contribution in [3.8, 4) is 5.75 Å². The quantitative estimate of drug-likeness (QED) is 0.789. The molecule has 0 unspecified atom stereocenters. The molecule has 0 heterocycles. The van der Waals surface area contributed by atoms with Crippen molar-refractivity contribution in [2.75, 3.05) is 19.9 Å². The Morgan fingerprint density at radius 3 is 2.23 bits per heavy atom. The van der Waals surface area contributed by atoms with Crippen LogP contribution in [0.25, 0.3) is 0 Å². The summed E-state index contributed by atoms with van der Waals surface area (Å²) in [6.07, 6.45) is 2.68. The molecule has 1 N–H and O–H groups in total. The van der Waals surface area contributed by atoms with Gasteiger partial charge in [-0.25, -0.2) is 13.1 Å². The highest BCUT2D eigenvalue weighted by atomic mass is 32.2. The maximum Gasteiger partial charge on any atom is 0.240 e. The van der Waals surface area contributed by atoms with Crippen molar-refractivity contribution in [3.63, 3.8) is 0 Å². The van der Waals surface area contributed by atoms with E-state index in [1.807, 2.05) is 30.5 Å². The lowest BCUT2D eigenvalue weighted by Crippen LogP contribution is -2.25. The molecule has 6 heteroatoms. The zero-order valence-corrected chi connectivity index (χ0v) is 14.2. The van der Waals surface area contributed by atoms with E-state index in [2.05, 4.69) is 4.72 Å². The summed E-state index contributed by atoms with van der Waals surface area (Å²) in [5, 5.41) is 0. The van der Waals surface area contributed by atoms with Gasteiger partial charge in [0.2, 0.25) is 10.0 Å². The van der Waals surface area contributed by atoms with E-state index in [9.17, 15) is 8.42 Å². The number of thioether (sulfide) groups is 1. The number of methoxy groups -OCH3 is 1. The predicted octanol–water partition coefficient (Wildman–Crippen LogP) is 2.94. The molecule has 4 nitrogen and oxygen atoms in total. The van der Waals surface area contributed by atoms with Gasteiger partial charge in [-0.05, 0) is 54.6 Å². The number of benzene rings is 2. The van der Waals surface area contributed by atoms with Crippen molar-refractivity contribution in [3.05, 3.63) is 54.1 Å². The van der Waals surface area contributed by atoms with E-state index in [4.69, 9.17) is 4.74 Å². The van der Waals surface area contributed by atoms with Gasteiger partial charge in [-0.1, -0.05) is 12.1 Å². The molecule has 0 spiro atoms. The summed E-state index contributed by atoms with van der Waals surface area (Å²) in [6.45, 7) is 0.368. The molecule has 0 aliphatic rings. The number of sulfonamides is 1. The number of hydrogen-bond donors (Lipinski definition) is 1. The average molecular weight is 337 g/mol. The van der Waals surface area contributed by atoms with Crippen LogP contribution in [0.5, 0.6) is 5.75 Å². The monoisotopic (exact) mass is 337 g/mol. The van der Waals surface area contributed by atoms with Crippen LogP contribution in [0.4, 0.5) is 0 Å². The van der Waals surface area contributed by atoms with Gasteiger partial charge in [-0.2, -0.15) is 0 Å². The van der Waals surface area contributed by atoms with E-state index in [-0.39, 0.29) is 4.90 Å². The Labute approximate surface area is 135 Å². The minimum absolute atomic E-state index is 0.242. The van der Waals surface area contributed by atoms with Gasteiger partial charge in [-0.3, -0.25) is 0 Å². The highest BCUT2D eigenvalue weighted by Gasteiger charge is 2.13. The zero-order chi connectivity index (χ0) is 16.0. The van der Waals surface area contributed by atoms with Crippen molar-refractivity contribution in [1.82, 2.24) is 4.72 Å². The van der Waals surface area contributed by atoms with E-state index < -0.39 is 10.0 Å². The molecule has 2 aromatic rings. The Balaban J connectivity index is 1.93. The van der Waals surface area contributed by atoms with Gasteiger partial charge in [0.15, 0.2) is 0 Å². The predicted molar refractivity (Wildman–Crippen MR) is 90.1 cm³/mol. The summed E-state index contributed by atoms with van der Waals surface area (Å²) in [6, 6.07) is 14.5. The summed E-state index contributed by atoms with van der Waals surface area (Å²) in [4.78, 5) is 1.44. The number of nitrogens with one attached hydrogen (secondary N) is 1. The van der Waals surface area contributed by atoms with Crippen LogP contribution in [0.3, 0.4) is 0 Å². The Morgan fingerprint density at radius 2 is 1.68 bits per heavy atom. The van der Waals surface area contributed by atoms with Crippen LogP contribution >= 0.6 is 11.8 Å². The Morgan fingerprint density at radius 1 is 1.05 bits per heavy atom. The average Bonchev–Trinajstić information content (AvgIpc) is 2.55. The van der Waals surface area contributed by atoms with E-state index in [1.165, 1.54) is 17.0 Å². The largest absolute Gasteiger partial charge is 0.497 e. The Bertz CT molecular complexity index is 695. The van der Waals surface area contributed by atoms with Crippen molar-refractivity contribution in [2.24, 2.45) is 0 Å². The van der Waals surface area contributed by atoms with Crippen molar-refractivity contribution >= 4 is 21.8 Å². The van der Waals surface area contributed by atoms with Crippen LogP contribution in [0.2, 0.25) is 0 Å². The van der Waals surface area contributed by atoms with Crippen LogP contribution < -0.4 is 9.46 Å². The first-order valence-electron chi connectivity index (χ1n) is 6.82. The maximum absolute atomic E-state index is 12.2. The molecule has 0 amide bonds. The third kappa shape index (κ3) is 4.50. The third-order valence-electron chi connectivity index (χ3n) is 3.23. The van der Waals surface area contributed by atoms with Crippen molar-refractivity contribution < 1.29 is 13.2 Å². The summed E-state index contributed by atoms with van der Waals surface area (Å²) in [5.41, 5.74) is 1.11. The second kappa shape index (κ2) is 7.67. The molecule has 0 aliphatic heterocycles. The molecule has 22 heavy (non-hydrogen) atoms. The lowest BCUT2D eigenvalue weighted by Gasteiger charge is -2.08. The molecule has 2 rings (SSSR count). The minimum Gasteiger partial charge on any atom is -0.497 e. The van der Waals surface area contributed by atoms with Gasteiger partial charge in [0.1, 0.15) is 5.75 Å². The maximum atomic E-state index is 12.2. The van der Waals surface area contributed by atoms with E-state index in [0.717, 1.165) is 5.56 Å². The van der Waals surface area contributed by atoms with Crippen LogP contribution in [0.1, 0.15) is 5.56 Å². The van der Waals surface area contributed by atoms with Crippen LogP contribution in [-0.2, 0) is 16.4 Å². The smallest absolute Gasteiger partial charge is 0.240 e. The molecule has 0 saturated heterocycles. The third-order valence-corrected chi connectivity index (χ3v) is 5.46. The van der Waals surface area contributed by atoms with Gasteiger partial charge in [0, 0.05) is 11.4 Å². The summed E-state index contributed by atoms with van der Waals surface area (Å²) >= 11 is 1.68. The van der Waals surface area contributed by atoms with Gasteiger partial charge in [0.05, 0.1) is 12.0 Å². The fourth-order valence-electron chi connectivity index (χ4n) is 1.96. The SMILES string of the molecule is COc1ccc(S(=O)(=O)NCCc2ccc(SC)cc2)cc1. The van der Waals surface area contributed by atoms with E-state index in [0.29, 0.717) is 18.7 Å². The van der Waals surface area contributed by atoms with Gasteiger partial charge in [-0.15, -0.1) is 11.8 Å². The second-order valence-electron chi connectivity index (χ2n) is 4.67. The molecular formula is C16H19NO3S2. The molecule has 2 aromatic carbocycles. The first-order valence-corrected chi connectivity index (χ1v) is 9.52. The molecule has 0 aromatic heterocycles. The summed E-state index contributed by atoms with van der Waals surface area (Å²) in [7, 11) is -1.93. The van der Waals surface area contributed by atoms with Gasteiger partial charge in [0.25, 0.3) is 0 Å². The number of ether oxygens (including phenoxy) is 1. The Kier molecular flexibility index (Phi) is 5.88. The van der Waals surface area contributed by atoms with Crippen molar-refractivity contribution in [2.45, 2.75) is 16.2 Å².